The summed E-state index contributed by atoms with van der Waals surface area (Å²) in [5.74, 6) is -0.216. The zero-order chi connectivity index (χ0) is 21.3. The van der Waals surface area contributed by atoms with E-state index in [2.05, 4.69) is 19.2 Å². The van der Waals surface area contributed by atoms with Crippen LogP contribution in [-0.2, 0) is 14.3 Å². The highest BCUT2D eigenvalue weighted by Crippen LogP contribution is 2.29. The lowest BCUT2D eigenvalue weighted by atomic mass is 9.85. The molecule has 1 unspecified atom stereocenters. The van der Waals surface area contributed by atoms with Crippen molar-refractivity contribution in [3.05, 3.63) is 0 Å². The first kappa shape index (κ1) is 25.2. The van der Waals surface area contributed by atoms with Gasteiger partial charge in [0.15, 0.2) is 5.54 Å². The van der Waals surface area contributed by atoms with E-state index in [0.29, 0.717) is 26.1 Å². The average molecular weight is 388 g/mol. The van der Waals surface area contributed by atoms with Gasteiger partial charge in [-0.25, -0.2) is 4.79 Å². The van der Waals surface area contributed by atoms with Gasteiger partial charge in [-0.1, -0.05) is 27.2 Å². The van der Waals surface area contributed by atoms with Gasteiger partial charge < -0.3 is 25.0 Å². The van der Waals surface area contributed by atoms with Crippen LogP contribution in [0.15, 0.2) is 0 Å². The molecule has 0 aromatic carbocycles. The second-order valence-electron chi connectivity index (χ2n) is 7.62. The maximum atomic E-state index is 12.3. The van der Waals surface area contributed by atoms with E-state index < -0.39 is 17.2 Å². The number of hydrogen-bond donors (Lipinski definition) is 2. The Hall–Kier alpha value is -1.83. The van der Waals surface area contributed by atoms with E-state index in [1.54, 1.807) is 25.7 Å². The molecule has 1 atom stereocenters. The van der Waals surface area contributed by atoms with E-state index in [1.807, 2.05) is 6.92 Å². The highest BCUT2D eigenvalue weighted by Gasteiger charge is 2.56. The monoisotopic (exact) mass is 387 g/mol. The van der Waals surface area contributed by atoms with Gasteiger partial charge in [0.2, 0.25) is 11.8 Å². The fourth-order valence-corrected chi connectivity index (χ4v) is 2.82. The fourth-order valence-electron chi connectivity index (χ4n) is 2.82. The van der Waals surface area contributed by atoms with Crippen molar-refractivity contribution in [2.45, 2.75) is 71.9 Å². The topological polar surface area (TPSA) is 99.2 Å². The molecule has 2 aliphatic heterocycles. The highest BCUT2D eigenvalue weighted by molar-refractivity contribution is 5.97. The molecule has 158 valence electrons. The van der Waals surface area contributed by atoms with Crippen LogP contribution in [0.5, 0.6) is 0 Å². The first-order chi connectivity index (χ1) is 12.6. The zero-order valence-electron chi connectivity index (χ0n) is 17.9. The molecule has 8 nitrogen and oxygen atoms in total. The van der Waals surface area contributed by atoms with E-state index in [1.165, 1.54) is 11.3 Å². The van der Waals surface area contributed by atoms with Crippen LogP contribution < -0.4 is 5.32 Å². The number of β-lactam (4-membered cyclic amide) rings is 1. The van der Waals surface area contributed by atoms with Gasteiger partial charge in [-0.15, -0.1) is 0 Å². The lowest BCUT2D eigenvalue weighted by Gasteiger charge is -2.53. The molecule has 27 heavy (non-hydrogen) atoms. The summed E-state index contributed by atoms with van der Waals surface area (Å²) in [4.78, 5) is 39.7. The number of piperazine rings is 1. The normalized spacial score (nSPS) is 21.1. The number of nitrogens with one attached hydrogen (secondary N) is 1. The third kappa shape index (κ3) is 6.68. The van der Waals surface area contributed by atoms with Gasteiger partial charge in [0, 0.05) is 26.6 Å². The SMILES string of the molecule is CCC.CCCC(=O)N1CCN(C(=O)OC(C)(C)C)CC12CNC2=O.CO. The van der Waals surface area contributed by atoms with Gasteiger partial charge in [0.1, 0.15) is 5.60 Å². The first-order valence-electron chi connectivity index (χ1n) is 9.62. The molecule has 0 aliphatic carbocycles. The van der Waals surface area contributed by atoms with Crippen molar-refractivity contribution in [3.8, 4) is 0 Å². The van der Waals surface area contributed by atoms with E-state index in [9.17, 15) is 14.4 Å². The number of hydrogen-bond acceptors (Lipinski definition) is 5. The van der Waals surface area contributed by atoms with Crippen molar-refractivity contribution < 1.29 is 24.2 Å². The minimum Gasteiger partial charge on any atom is -0.444 e. The Balaban J connectivity index is 0.00000123. The van der Waals surface area contributed by atoms with E-state index in [-0.39, 0.29) is 18.4 Å². The van der Waals surface area contributed by atoms with Gasteiger partial charge in [0.05, 0.1) is 13.1 Å². The smallest absolute Gasteiger partial charge is 0.410 e. The Morgan fingerprint density at radius 1 is 1.19 bits per heavy atom. The summed E-state index contributed by atoms with van der Waals surface area (Å²) in [6.07, 6.45) is 1.97. The molecule has 8 heteroatoms. The molecular formula is C19H37N3O5. The number of nitrogens with zero attached hydrogens (tertiary/aromatic N) is 2. The Kier molecular flexibility index (Phi) is 10.4. The van der Waals surface area contributed by atoms with Crippen LogP contribution in [-0.4, -0.2) is 77.2 Å². The lowest BCUT2D eigenvalue weighted by molar-refractivity contribution is -0.161. The minimum atomic E-state index is -0.915. The number of carbonyl (C=O) groups is 3. The molecule has 2 rings (SSSR count). The molecule has 0 aromatic heterocycles. The van der Waals surface area contributed by atoms with Crippen LogP contribution in [0.1, 0.15) is 60.8 Å². The molecule has 2 aliphatic rings. The Labute approximate surface area is 163 Å². The van der Waals surface area contributed by atoms with Crippen molar-refractivity contribution in [2.24, 2.45) is 0 Å². The summed E-state index contributed by atoms with van der Waals surface area (Å²) >= 11 is 0. The van der Waals surface area contributed by atoms with E-state index >= 15 is 0 Å². The van der Waals surface area contributed by atoms with Crippen molar-refractivity contribution >= 4 is 17.9 Å². The predicted molar refractivity (Wildman–Crippen MR) is 104 cm³/mol. The number of aliphatic hydroxyl groups is 1. The van der Waals surface area contributed by atoms with Crippen molar-refractivity contribution in [1.82, 2.24) is 15.1 Å². The van der Waals surface area contributed by atoms with Crippen LogP contribution in [0.25, 0.3) is 0 Å². The molecule has 3 amide bonds. The fraction of sp³-hybridized carbons (Fsp3) is 0.842. The van der Waals surface area contributed by atoms with Crippen molar-refractivity contribution in [2.75, 3.05) is 33.3 Å². The molecular weight excluding hydrogens is 350 g/mol. The molecule has 0 bridgehead atoms. The maximum absolute atomic E-state index is 12.3. The summed E-state index contributed by atoms with van der Waals surface area (Å²) in [6.45, 7) is 12.9. The Morgan fingerprint density at radius 3 is 2.11 bits per heavy atom. The van der Waals surface area contributed by atoms with E-state index in [0.717, 1.165) is 13.5 Å². The molecule has 0 aromatic rings. The molecule has 2 saturated heterocycles. The average Bonchev–Trinajstić information content (AvgIpc) is 2.61. The molecule has 2 fully saturated rings. The van der Waals surface area contributed by atoms with Crippen LogP contribution in [0, 0.1) is 0 Å². The second kappa shape index (κ2) is 11.1. The highest BCUT2D eigenvalue weighted by atomic mass is 16.6. The zero-order valence-corrected chi connectivity index (χ0v) is 17.9. The standard InChI is InChI=1S/C15H25N3O4.C3H8.CH4O/c1-5-6-11(19)18-8-7-17(13(21)22-14(2,3)4)10-15(18)9-16-12(15)20;1-3-2;1-2/h5-10H2,1-4H3,(H,16,20);3H2,1-2H3;2H,1H3. The molecule has 1 spiro atoms. The summed E-state index contributed by atoms with van der Waals surface area (Å²) in [5, 5.41) is 9.69. The minimum absolute atomic E-state index is 0.0267. The number of aliphatic hydroxyl groups excluding tert-OH is 1. The summed E-state index contributed by atoms with van der Waals surface area (Å²) in [7, 11) is 1.00. The lowest BCUT2D eigenvalue weighted by Crippen LogP contribution is -2.80. The number of ether oxygens (including phenoxy) is 1. The van der Waals surface area contributed by atoms with Crippen molar-refractivity contribution in [1.29, 1.82) is 0 Å². The second-order valence-corrected chi connectivity index (χ2v) is 7.62. The van der Waals surface area contributed by atoms with E-state index in [4.69, 9.17) is 9.84 Å². The van der Waals surface area contributed by atoms with Crippen LogP contribution >= 0.6 is 0 Å². The third-order valence-electron chi connectivity index (χ3n) is 3.94. The quantitative estimate of drug-likeness (QED) is 0.704. The third-order valence-corrected chi connectivity index (χ3v) is 3.94. The van der Waals surface area contributed by atoms with Gasteiger partial charge >= 0.3 is 6.09 Å². The predicted octanol–water partition coefficient (Wildman–Crippen LogP) is 1.76. The largest absolute Gasteiger partial charge is 0.444 e. The summed E-state index contributed by atoms with van der Waals surface area (Å²) < 4.78 is 5.37. The van der Waals surface area contributed by atoms with Gasteiger partial charge in [-0.3, -0.25) is 9.59 Å². The van der Waals surface area contributed by atoms with Crippen LogP contribution in [0.3, 0.4) is 0 Å². The van der Waals surface area contributed by atoms with Gasteiger partial charge in [0.25, 0.3) is 0 Å². The van der Waals surface area contributed by atoms with Gasteiger partial charge in [-0.2, -0.15) is 0 Å². The maximum Gasteiger partial charge on any atom is 0.410 e. The number of amides is 3. The van der Waals surface area contributed by atoms with Crippen LogP contribution in [0.4, 0.5) is 4.79 Å². The molecule has 0 saturated carbocycles. The first-order valence-corrected chi connectivity index (χ1v) is 9.62. The molecule has 2 N–H and O–H groups in total. The summed E-state index contributed by atoms with van der Waals surface area (Å²) in [6, 6.07) is 0. The van der Waals surface area contributed by atoms with Crippen molar-refractivity contribution in [3.63, 3.8) is 0 Å². The van der Waals surface area contributed by atoms with Gasteiger partial charge in [-0.05, 0) is 27.2 Å². The number of rotatable bonds is 2. The molecule has 0 radical (unpaired) electrons. The Bertz CT molecular complexity index is 504. The molecule has 2 heterocycles. The summed E-state index contributed by atoms with van der Waals surface area (Å²) in [5.41, 5.74) is -1.50. The number of carbonyl (C=O) groups excluding carboxylic acids is 3. The van der Waals surface area contributed by atoms with Crippen LogP contribution in [0.2, 0.25) is 0 Å². The Morgan fingerprint density at radius 2 is 1.74 bits per heavy atom.